The lowest BCUT2D eigenvalue weighted by Gasteiger charge is -2.19. The maximum Gasteiger partial charge on any atom is 0.276 e. The summed E-state index contributed by atoms with van der Waals surface area (Å²) in [6.45, 7) is 0.329. The number of hydrazine groups is 1. The number of para-hydroxylation sites is 2. The van der Waals surface area contributed by atoms with Crippen molar-refractivity contribution in [2.24, 2.45) is 0 Å². The molecule has 0 fully saturated rings. The molecule has 1 aliphatic rings. The number of fused-ring (bicyclic) bond motifs is 1. The second-order valence-corrected chi connectivity index (χ2v) is 5.07. The van der Waals surface area contributed by atoms with Gasteiger partial charge in [0, 0.05) is 5.56 Å². The number of carbonyl (C=O) groups excluding carboxylic acids is 1. The monoisotopic (exact) mass is 391 g/mol. The highest BCUT2D eigenvalue weighted by Gasteiger charge is 2.25. The van der Waals surface area contributed by atoms with Crippen LogP contribution in [0, 0.1) is 5.41 Å². The molecule has 126 valence electrons. The number of rotatable bonds is 5. The maximum atomic E-state index is 12.1. The van der Waals surface area contributed by atoms with Crippen LogP contribution in [-0.4, -0.2) is 30.5 Å². The number of hydrogen-bond acceptors (Lipinski definition) is 4. The van der Waals surface area contributed by atoms with E-state index in [0.717, 1.165) is 11.1 Å². The van der Waals surface area contributed by atoms with Crippen molar-refractivity contribution >= 4 is 28.7 Å². The first-order valence-electron chi connectivity index (χ1n) is 7.18. The van der Waals surface area contributed by atoms with Gasteiger partial charge in [-0.25, -0.2) is 0 Å². The second kappa shape index (κ2) is 7.83. The van der Waals surface area contributed by atoms with E-state index in [-0.39, 0.29) is 35.3 Å². The molecule has 2 aromatic rings. The zero-order valence-electron chi connectivity index (χ0n) is 13.1. The van der Waals surface area contributed by atoms with Crippen LogP contribution in [0.1, 0.15) is 11.1 Å². The molecule has 0 aliphatic carbocycles. The maximum absolute atomic E-state index is 12.1. The fourth-order valence-electron chi connectivity index (χ4n) is 2.44. The van der Waals surface area contributed by atoms with Gasteiger partial charge in [0.15, 0.2) is 18.1 Å². The Hall–Kier alpha value is -2.54. The predicted molar refractivity (Wildman–Crippen MR) is 95.8 cm³/mol. The molecule has 0 aromatic heterocycles. The summed E-state index contributed by atoms with van der Waals surface area (Å²) in [6.07, 6.45) is 0. The Labute approximate surface area is 150 Å². The van der Waals surface area contributed by atoms with Crippen LogP contribution in [0.2, 0.25) is 0 Å². The predicted octanol–water partition coefficient (Wildman–Crippen LogP) is 2.52. The van der Waals surface area contributed by atoms with Crippen molar-refractivity contribution in [2.75, 3.05) is 13.7 Å². The molecule has 24 heavy (non-hydrogen) atoms. The summed E-state index contributed by atoms with van der Waals surface area (Å²) in [5.41, 5.74) is 4.54. The summed E-state index contributed by atoms with van der Waals surface area (Å²) in [5, 5.41) is 9.60. The Morgan fingerprint density at radius 3 is 2.54 bits per heavy atom. The molecular formula is C17H18BrN3O3. The first kappa shape index (κ1) is 17.8. The van der Waals surface area contributed by atoms with Crippen molar-refractivity contribution in [3.8, 4) is 11.5 Å². The van der Waals surface area contributed by atoms with Gasteiger partial charge in [0.2, 0.25) is 0 Å². The van der Waals surface area contributed by atoms with E-state index in [4.69, 9.17) is 14.9 Å². The van der Waals surface area contributed by atoms with Crippen LogP contribution in [-0.2, 0) is 11.3 Å². The number of halogens is 1. The topological polar surface area (TPSA) is 74.7 Å². The Balaban J connectivity index is 0.00000208. The highest BCUT2D eigenvalue weighted by Crippen LogP contribution is 2.25. The molecule has 0 bridgehead atoms. The molecule has 0 spiro atoms. The van der Waals surface area contributed by atoms with E-state index in [1.165, 1.54) is 5.01 Å². The van der Waals surface area contributed by atoms with Crippen molar-refractivity contribution in [3.05, 3.63) is 59.7 Å². The number of benzene rings is 2. The largest absolute Gasteiger partial charge is 0.493 e. The molecule has 6 nitrogen and oxygen atoms in total. The molecule has 0 saturated heterocycles. The molecule has 1 aliphatic heterocycles. The average Bonchev–Trinajstić information content (AvgIpc) is 2.89. The lowest BCUT2D eigenvalue weighted by atomic mass is 10.1. The van der Waals surface area contributed by atoms with Gasteiger partial charge in [-0.2, -0.15) is 0 Å². The third kappa shape index (κ3) is 3.68. The third-order valence-corrected chi connectivity index (χ3v) is 3.56. The minimum Gasteiger partial charge on any atom is -0.493 e. The van der Waals surface area contributed by atoms with E-state index in [1.54, 1.807) is 19.2 Å². The highest BCUT2D eigenvalue weighted by atomic mass is 79.9. The number of methoxy groups -OCH3 is 1. The van der Waals surface area contributed by atoms with Gasteiger partial charge < -0.3 is 9.47 Å². The molecule has 0 saturated carbocycles. The van der Waals surface area contributed by atoms with Crippen molar-refractivity contribution in [1.29, 1.82) is 5.41 Å². The van der Waals surface area contributed by atoms with Crippen molar-refractivity contribution in [3.63, 3.8) is 0 Å². The lowest BCUT2D eigenvalue weighted by Crippen LogP contribution is -2.44. The van der Waals surface area contributed by atoms with E-state index in [1.807, 2.05) is 36.4 Å². The van der Waals surface area contributed by atoms with Crippen molar-refractivity contribution in [2.45, 2.75) is 6.54 Å². The minimum absolute atomic E-state index is 0. The van der Waals surface area contributed by atoms with Gasteiger partial charge >= 0.3 is 0 Å². The van der Waals surface area contributed by atoms with Crippen LogP contribution in [0.15, 0.2) is 48.5 Å². The molecule has 0 unspecified atom stereocenters. The van der Waals surface area contributed by atoms with E-state index in [0.29, 0.717) is 18.0 Å². The Morgan fingerprint density at radius 2 is 1.83 bits per heavy atom. The van der Waals surface area contributed by atoms with Gasteiger partial charge in [0.05, 0.1) is 13.7 Å². The number of amides is 1. The molecule has 0 atom stereocenters. The fraction of sp³-hybridized carbons (Fsp3) is 0.176. The van der Waals surface area contributed by atoms with Crippen molar-refractivity contribution in [1.82, 2.24) is 10.4 Å². The number of nitrogens with one attached hydrogen (secondary N) is 2. The average molecular weight is 392 g/mol. The summed E-state index contributed by atoms with van der Waals surface area (Å²) >= 11 is 0. The van der Waals surface area contributed by atoms with E-state index < -0.39 is 0 Å². The number of ether oxygens (including phenoxy) is 2. The van der Waals surface area contributed by atoms with Crippen molar-refractivity contribution < 1.29 is 14.3 Å². The van der Waals surface area contributed by atoms with Crippen LogP contribution in [0.3, 0.4) is 0 Å². The minimum atomic E-state index is -0.325. The Morgan fingerprint density at radius 1 is 1.17 bits per heavy atom. The normalized spacial score (nSPS) is 12.2. The number of carbonyl (C=O) groups is 1. The second-order valence-electron chi connectivity index (χ2n) is 5.07. The molecule has 7 heteroatoms. The fourth-order valence-corrected chi connectivity index (χ4v) is 2.44. The Kier molecular flexibility index (Phi) is 5.81. The summed E-state index contributed by atoms with van der Waals surface area (Å²) in [5.74, 6) is 1.03. The van der Waals surface area contributed by atoms with Gasteiger partial charge in [0.1, 0.15) is 5.84 Å². The molecule has 2 N–H and O–H groups in total. The van der Waals surface area contributed by atoms with Gasteiger partial charge in [-0.3, -0.25) is 20.6 Å². The first-order valence-corrected chi connectivity index (χ1v) is 7.18. The number of amidine groups is 1. The standard InChI is InChI=1S/C17H17N3O3.BrH/c1-22-14-8-4-5-9-15(14)23-11-16(21)19-20-10-12-6-2-3-7-13(12)17(20)18;/h2-9,18H,10-11H2,1H3,(H,19,21);1H. The summed E-state index contributed by atoms with van der Waals surface area (Å²) in [7, 11) is 1.55. The van der Waals surface area contributed by atoms with Gasteiger partial charge in [-0.05, 0) is 17.7 Å². The van der Waals surface area contributed by atoms with Gasteiger partial charge in [-0.15, -0.1) is 17.0 Å². The zero-order valence-corrected chi connectivity index (χ0v) is 14.8. The molecular weight excluding hydrogens is 374 g/mol. The molecule has 0 radical (unpaired) electrons. The zero-order chi connectivity index (χ0) is 16.2. The van der Waals surface area contributed by atoms with Gasteiger partial charge in [0.25, 0.3) is 5.91 Å². The van der Waals surface area contributed by atoms with Crippen LogP contribution in [0.25, 0.3) is 0 Å². The SMILES string of the molecule is Br.COc1ccccc1OCC(=O)NN1Cc2ccccc2C1=N. The number of nitrogens with zero attached hydrogens (tertiary/aromatic N) is 1. The molecule has 2 aromatic carbocycles. The summed E-state index contributed by atoms with van der Waals surface area (Å²) in [4.78, 5) is 12.1. The third-order valence-electron chi connectivity index (χ3n) is 3.56. The molecule has 1 heterocycles. The van der Waals surface area contributed by atoms with Crippen LogP contribution < -0.4 is 14.9 Å². The van der Waals surface area contributed by atoms with Crippen LogP contribution in [0.5, 0.6) is 11.5 Å². The molecule has 3 rings (SSSR count). The highest BCUT2D eigenvalue weighted by molar-refractivity contribution is 8.93. The van der Waals surface area contributed by atoms with Gasteiger partial charge in [-0.1, -0.05) is 36.4 Å². The lowest BCUT2D eigenvalue weighted by molar-refractivity contribution is -0.126. The Bertz CT molecular complexity index is 751. The van der Waals surface area contributed by atoms with E-state index in [9.17, 15) is 4.79 Å². The van der Waals surface area contributed by atoms with Crippen LogP contribution in [0.4, 0.5) is 0 Å². The smallest absolute Gasteiger partial charge is 0.276 e. The summed E-state index contributed by atoms with van der Waals surface area (Å²) in [6, 6.07) is 14.7. The first-order chi connectivity index (χ1) is 11.2. The quantitative estimate of drug-likeness (QED) is 0.820. The van der Waals surface area contributed by atoms with Crippen LogP contribution >= 0.6 is 17.0 Å². The van der Waals surface area contributed by atoms with E-state index >= 15 is 0 Å². The molecule has 1 amide bonds. The van der Waals surface area contributed by atoms with E-state index in [2.05, 4.69) is 5.43 Å². The summed E-state index contributed by atoms with van der Waals surface area (Å²) < 4.78 is 10.6. The number of hydrogen-bond donors (Lipinski definition) is 2.